The molecule has 3 aromatic carbocycles. The lowest BCUT2D eigenvalue weighted by Crippen LogP contribution is -2.34. The first-order chi connectivity index (χ1) is 17.8. The number of carbonyl (C=O) groups excluding carboxylic acids is 1. The molecule has 4 rings (SSSR count). The molecule has 0 aliphatic rings. The SMILES string of the molecule is Cc1cccc(CSc2nnc(C(Cc3ccccc3)NC(=O)C(C)C)n2-c2ccc([N+](=O)[O-])cc2)c1. The molecule has 8 nitrogen and oxygen atoms in total. The lowest BCUT2D eigenvalue weighted by atomic mass is 10.0. The van der Waals surface area contributed by atoms with Crippen LogP contribution in [-0.2, 0) is 17.0 Å². The van der Waals surface area contributed by atoms with Gasteiger partial charge in [0.15, 0.2) is 11.0 Å². The number of hydrogen-bond donors (Lipinski definition) is 1. The fourth-order valence-corrected chi connectivity index (χ4v) is 4.81. The Balaban J connectivity index is 1.76. The zero-order valence-corrected chi connectivity index (χ0v) is 21.8. The number of carbonyl (C=O) groups is 1. The molecule has 0 spiro atoms. The van der Waals surface area contributed by atoms with E-state index < -0.39 is 11.0 Å². The Kier molecular flexibility index (Phi) is 8.35. The van der Waals surface area contributed by atoms with Crippen molar-refractivity contribution in [2.24, 2.45) is 5.92 Å². The monoisotopic (exact) mass is 515 g/mol. The number of thioether (sulfide) groups is 1. The zero-order valence-electron chi connectivity index (χ0n) is 21.0. The van der Waals surface area contributed by atoms with E-state index in [4.69, 9.17) is 0 Å². The minimum atomic E-state index is -0.451. The van der Waals surface area contributed by atoms with E-state index in [0.29, 0.717) is 28.8 Å². The van der Waals surface area contributed by atoms with Crippen LogP contribution in [0.15, 0.2) is 84.0 Å². The summed E-state index contributed by atoms with van der Waals surface area (Å²) in [7, 11) is 0. The Morgan fingerprint density at radius 3 is 2.35 bits per heavy atom. The standard InChI is InChI=1S/C28H29N5O3S/c1-19(2)27(34)29-25(17-21-9-5-4-6-10-21)26-30-31-28(37-18-22-11-7-8-20(3)16-22)32(26)23-12-14-24(15-13-23)33(35)36/h4-16,19,25H,17-18H2,1-3H3,(H,29,34). The van der Waals surface area contributed by atoms with Crippen LogP contribution in [-0.4, -0.2) is 25.6 Å². The molecule has 1 atom stereocenters. The van der Waals surface area contributed by atoms with E-state index in [2.05, 4.69) is 40.6 Å². The minimum absolute atomic E-state index is 0.00119. The van der Waals surface area contributed by atoms with Crippen LogP contribution in [0.5, 0.6) is 0 Å². The van der Waals surface area contributed by atoms with Gasteiger partial charge in [-0.05, 0) is 36.6 Å². The summed E-state index contributed by atoms with van der Waals surface area (Å²) in [5.41, 5.74) is 4.06. The summed E-state index contributed by atoms with van der Waals surface area (Å²) in [5, 5.41) is 24.0. The molecular formula is C28H29N5O3S. The maximum absolute atomic E-state index is 12.8. The second-order valence-electron chi connectivity index (χ2n) is 9.13. The molecule has 0 aliphatic carbocycles. The smallest absolute Gasteiger partial charge is 0.269 e. The van der Waals surface area contributed by atoms with E-state index in [0.717, 1.165) is 11.1 Å². The van der Waals surface area contributed by atoms with Crippen LogP contribution < -0.4 is 5.32 Å². The molecule has 0 bridgehead atoms. The van der Waals surface area contributed by atoms with Gasteiger partial charge in [0.05, 0.1) is 11.0 Å². The van der Waals surface area contributed by atoms with Crippen LogP contribution in [0.3, 0.4) is 0 Å². The Morgan fingerprint density at radius 2 is 1.70 bits per heavy atom. The zero-order chi connectivity index (χ0) is 26.4. The van der Waals surface area contributed by atoms with Gasteiger partial charge < -0.3 is 5.32 Å². The molecular weight excluding hydrogens is 486 g/mol. The van der Waals surface area contributed by atoms with Crippen molar-refractivity contribution in [3.05, 3.63) is 111 Å². The molecule has 190 valence electrons. The number of non-ortho nitro benzene ring substituents is 1. The van der Waals surface area contributed by atoms with Gasteiger partial charge in [0.1, 0.15) is 0 Å². The van der Waals surface area contributed by atoms with Crippen LogP contribution in [0, 0.1) is 23.0 Å². The van der Waals surface area contributed by atoms with Crippen molar-refractivity contribution in [1.82, 2.24) is 20.1 Å². The van der Waals surface area contributed by atoms with Gasteiger partial charge in [0.25, 0.3) is 5.69 Å². The lowest BCUT2D eigenvalue weighted by molar-refractivity contribution is -0.384. The Bertz CT molecular complexity index is 1370. The minimum Gasteiger partial charge on any atom is -0.345 e. The van der Waals surface area contributed by atoms with Gasteiger partial charge in [0, 0.05) is 29.5 Å². The normalized spacial score (nSPS) is 11.9. The van der Waals surface area contributed by atoms with Crippen LogP contribution >= 0.6 is 11.8 Å². The molecule has 37 heavy (non-hydrogen) atoms. The fourth-order valence-electron chi connectivity index (χ4n) is 3.91. The Hall–Kier alpha value is -3.98. The van der Waals surface area contributed by atoms with Gasteiger partial charge in [-0.15, -0.1) is 10.2 Å². The van der Waals surface area contributed by atoms with Gasteiger partial charge in [-0.25, -0.2) is 0 Å². The molecule has 0 fully saturated rings. The predicted octanol–water partition coefficient (Wildman–Crippen LogP) is 5.83. The average Bonchev–Trinajstić information content (AvgIpc) is 3.31. The molecule has 1 amide bonds. The van der Waals surface area contributed by atoms with Crippen molar-refractivity contribution < 1.29 is 9.72 Å². The van der Waals surface area contributed by atoms with Crippen molar-refractivity contribution in [2.45, 2.75) is 44.1 Å². The number of nitro benzene ring substituents is 1. The predicted molar refractivity (Wildman–Crippen MR) is 145 cm³/mol. The van der Waals surface area contributed by atoms with E-state index in [1.807, 2.05) is 54.8 Å². The Labute approximate surface area is 220 Å². The summed E-state index contributed by atoms with van der Waals surface area (Å²) >= 11 is 1.53. The highest BCUT2D eigenvalue weighted by Crippen LogP contribution is 2.30. The summed E-state index contributed by atoms with van der Waals surface area (Å²) in [6.45, 7) is 5.75. The average molecular weight is 516 g/mol. The van der Waals surface area contributed by atoms with Crippen LogP contribution in [0.2, 0.25) is 0 Å². The van der Waals surface area contributed by atoms with Crippen LogP contribution in [0.1, 0.15) is 42.4 Å². The summed E-state index contributed by atoms with van der Waals surface area (Å²) in [6.07, 6.45) is 0.521. The number of nitrogens with zero attached hydrogens (tertiary/aromatic N) is 4. The Morgan fingerprint density at radius 1 is 1.00 bits per heavy atom. The largest absolute Gasteiger partial charge is 0.345 e. The topological polar surface area (TPSA) is 103 Å². The van der Waals surface area contributed by atoms with Gasteiger partial charge in [0.2, 0.25) is 5.91 Å². The van der Waals surface area contributed by atoms with Crippen LogP contribution in [0.25, 0.3) is 5.69 Å². The third-order valence-electron chi connectivity index (χ3n) is 5.86. The highest BCUT2D eigenvalue weighted by Gasteiger charge is 2.26. The van der Waals surface area contributed by atoms with E-state index in [-0.39, 0.29) is 17.5 Å². The van der Waals surface area contributed by atoms with Crippen molar-refractivity contribution in [3.8, 4) is 5.69 Å². The number of nitro groups is 1. The molecule has 0 saturated carbocycles. The number of rotatable bonds is 10. The third-order valence-corrected chi connectivity index (χ3v) is 6.86. The molecule has 1 aromatic heterocycles. The van der Waals surface area contributed by atoms with E-state index >= 15 is 0 Å². The molecule has 1 N–H and O–H groups in total. The number of aromatic nitrogens is 3. The second-order valence-corrected chi connectivity index (χ2v) is 10.1. The quantitative estimate of drug-likeness (QED) is 0.162. The number of amides is 1. The lowest BCUT2D eigenvalue weighted by Gasteiger charge is -2.21. The number of hydrogen-bond acceptors (Lipinski definition) is 6. The number of aryl methyl sites for hydroxylation is 1. The number of benzene rings is 3. The molecule has 9 heteroatoms. The summed E-state index contributed by atoms with van der Waals surface area (Å²) in [4.78, 5) is 23.6. The second kappa shape index (κ2) is 11.8. The first kappa shape index (κ1) is 26.1. The molecule has 0 saturated heterocycles. The van der Waals surface area contributed by atoms with Crippen molar-refractivity contribution in [1.29, 1.82) is 0 Å². The summed E-state index contributed by atoms with van der Waals surface area (Å²) in [5.74, 6) is 0.949. The fraction of sp³-hybridized carbons (Fsp3) is 0.250. The summed E-state index contributed by atoms with van der Waals surface area (Å²) in [6, 6.07) is 24.0. The molecule has 1 unspecified atom stereocenters. The highest BCUT2D eigenvalue weighted by atomic mass is 32.2. The van der Waals surface area contributed by atoms with E-state index in [9.17, 15) is 14.9 Å². The third kappa shape index (κ3) is 6.62. The van der Waals surface area contributed by atoms with Gasteiger partial charge in [-0.2, -0.15) is 0 Å². The maximum atomic E-state index is 12.8. The van der Waals surface area contributed by atoms with E-state index in [1.54, 1.807) is 12.1 Å². The van der Waals surface area contributed by atoms with Crippen molar-refractivity contribution >= 4 is 23.4 Å². The van der Waals surface area contributed by atoms with Crippen LogP contribution in [0.4, 0.5) is 5.69 Å². The van der Waals surface area contributed by atoms with E-state index in [1.165, 1.54) is 29.5 Å². The highest BCUT2D eigenvalue weighted by molar-refractivity contribution is 7.98. The van der Waals surface area contributed by atoms with Gasteiger partial charge in [-0.1, -0.05) is 85.8 Å². The molecule has 4 aromatic rings. The van der Waals surface area contributed by atoms with Crippen molar-refractivity contribution in [3.63, 3.8) is 0 Å². The first-order valence-electron chi connectivity index (χ1n) is 12.0. The molecule has 0 aliphatic heterocycles. The summed E-state index contributed by atoms with van der Waals surface area (Å²) < 4.78 is 1.89. The maximum Gasteiger partial charge on any atom is 0.269 e. The molecule has 0 radical (unpaired) electrons. The van der Waals surface area contributed by atoms with Crippen molar-refractivity contribution in [2.75, 3.05) is 0 Å². The van der Waals surface area contributed by atoms with Gasteiger partial charge in [-0.3, -0.25) is 19.5 Å². The van der Waals surface area contributed by atoms with Gasteiger partial charge >= 0.3 is 0 Å². The first-order valence-corrected chi connectivity index (χ1v) is 13.0. The molecule has 1 heterocycles. The number of nitrogens with one attached hydrogen (secondary N) is 1.